The van der Waals surface area contributed by atoms with Crippen LogP contribution in [0, 0.1) is 11.3 Å². The molecule has 0 radical (unpaired) electrons. The predicted molar refractivity (Wildman–Crippen MR) is 79.3 cm³/mol. The lowest BCUT2D eigenvalue weighted by Gasteiger charge is -2.48. The SMILES string of the molecule is CC1CC(N(CCC(=O)O)C(C)(C)C)CC(C)(C)C1. The molecule has 1 rings (SSSR count). The van der Waals surface area contributed by atoms with Crippen LogP contribution in [0.1, 0.15) is 67.2 Å². The first kappa shape index (κ1) is 16.5. The largest absolute Gasteiger partial charge is 0.481 e. The summed E-state index contributed by atoms with van der Waals surface area (Å²) < 4.78 is 0. The van der Waals surface area contributed by atoms with E-state index in [2.05, 4.69) is 46.4 Å². The Bertz CT molecular complexity index is 317. The zero-order valence-corrected chi connectivity index (χ0v) is 13.5. The summed E-state index contributed by atoms with van der Waals surface area (Å²) in [5.74, 6) is 0.0285. The third-order valence-electron chi connectivity index (χ3n) is 4.23. The Labute approximate surface area is 118 Å². The van der Waals surface area contributed by atoms with Gasteiger partial charge in [-0.05, 0) is 51.4 Å². The van der Waals surface area contributed by atoms with E-state index in [-0.39, 0.29) is 12.0 Å². The lowest BCUT2D eigenvalue weighted by atomic mass is 9.69. The summed E-state index contributed by atoms with van der Waals surface area (Å²) in [5, 5.41) is 8.95. The molecule has 1 N–H and O–H groups in total. The molecule has 1 aliphatic carbocycles. The summed E-state index contributed by atoms with van der Waals surface area (Å²) in [4.78, 5) is 13.3. The average molecular weight is 269 g/mol. The summed E-state index contributed by atoms with van der Waals surface area (Å²) in [5.41, 5.74) is 0.405. The fraction of sp³-hybridized carbons (Fsp3) is 0.938. The Hall–Kier alpha value is -0.570. The fourth-order valence-corrected chi connectivity index (χ4v) is 3.81. The van der Waals surface area contributed by atoms with E-state index in [9.17, 15) is 4.79 Å². The van der Waals surface area contributed by atoms with Gasteiger partial charge in [0.2, 0.25) is 0 Å². The van der Waals surface area contributed by atoms with E-state index < -0.39 is 5.97 Å². The third kappa shape index (κ3) is 5.13. The van der Waals surface area contributed by atoms with Crippen LogP contribution in [-0.4, -0.2) is 34.1 Å². The van der Waals surface area contributed by atoms with Crippen LogP contribution in [0.3, 0.4) is 0 Å². The summed E-state index contributed by atoms with van der Waals surface area (Å²) in [6.07, 6.45) is 3.89. The van der Waals surface area contributed by atoms with Gasteiger partial charge in [-0.1, -0.05) is 20.8 Å². The van der Waals surface area contributed by atoms with E-state index in [1.54, 1.807) is 0 Å². The van der Waals surface area contributed by atoms with Crippen molar-refractivity contribution >= 4 is 5.97 Å². The zero-order chi connectivity index (χ0) is 14.8. The van der Waals surface area contributed by atoms with Gasteiger partial charge in [0.05, 0.1) is 6.42 Å². The van der Waals surface area contributed by atoms with Crippen molar-refractivity contribution in [2.24, 2.45) is 11.3 Å². The Morgan fingerprint density at radius 1 is 1.32 bits per heavy atom. The molecule has 1 saturated carbocycles. The number of carbonyl (C=O) groups is 1. The van der Waals surface area contributed by atoms with E-state index in [4.69, 9.17) is 5.11 Å². The highest BCUT2D eigenvalue weighted by atomic mass is 16.4. The second-order valence-electron chi connectivity index (χ2n) is 8.08. The zero-order valence-electron chi connectivity index (χ0n) is 13.5. The first-order valence-electron chi connectivity index (χ1n) is 7.50. The van der Waals surface area contributed by atoms with Gasteiger partial charge in [0.1, 0.15) is 0 Å². The van der Waals surface area contributed by atoms with Crippen molar-refractivity contribution in [3.63, 3.8) is 0 Å². The van der Waals surface area contributed by atoms with E-state index in [1.807, 2.05) is 0 Å². The predicted octanol–water partition coefficient (Wildman–Crippen LogP) is 3.78. The molecule has 0 aliphatic heterocycles. The van der Waals surface area contributed by atoms with Gasteiger partial charge >= 0.3 is 5.97 Å². The van der Waals surface area contributed by atoms with Crippen molar-refractivity contribution < 1.29 is 9.90 Å². The van der Waals surface area contributed by atoms with Crippen molar-refractivity contribution in [3.05, 3.63) is 0 Å². The molecule has 1 aliphatic rings. The fourth-order valence-electron chi connectivity index (χ4n) is 3.81. The normalized spacial score (nSPS) is 27.5. The molecule has 0 aromatic heterocycles. The molecule has 0 spiro atoms. The molecule has 2 atom stereocenters. The number of carboxylic acid groups (broad SMARTS) is 1. The molecule has 0 bridgehead atoms. The molecule has 0 heterocycles. The van der Waals surface area contributed by atoms with Crippen LogP contribution in [0.2, 0.25) is 0 Å². The molecule has 0 aromatic carbocycles. The molecule has 0 amide bonds. The highest BCUT2D eigenvalue weighted by Crippen LogP contribution is 2.41. The number of hydrogen-bond donors (Lipinski definition) is 1. The van der Waals surface area contributed by atoms with Gasteiger partial charge in [-0.2, -0.15) is 0 Å². The third-order valence-corrected chi connectivity index (χ3v) is 4.23. The van der Waals surface area contributed by atoms with E-state index in [1.165, 1.54) is 19.3 Å². The van der Waals surface area contributed by atoms with Crippen molar-refractivity contribution in [2.45, 2.75) is 78.8 Å². The van der Waals surface area contributed by atoms with Gasteiger partial charge in [-0.3, -0.25) is 9.69 Å². The van der Waals surface area contributed by atoms with Crippen LogP contribution in [0.5, 0.6) is 0 Å². The first-order valence-corrected chi connectivity index (χ1v) is 7.50. The summed E-state index contributed by atoms with van der Waals surface area (Å²) in [6, 6.07) is 0.512. The van der Waals surface area contributed by atoms with Crippen molar-refractivity contribution in [3.8, 4) is 0 Å². The minimum atomic E-state index is -0.697. The Kier molecular flexibility index (Phi) is 5.05. The Balaban J connectivity index is 2.82. The molecule has 19 heavy (non-hydrogen) atoms. The molecule has 0 aromatic rings. The van der Waals surface area contributed by atoms with Crippen molar-refractivity contribution in [2.75, 3.05) is 6.54 Å². The van der Waals surface area contributed by atoms with E-state index >= 15 is 0 Å². The number of carboxylic acids is 1. The lowest BCUT2D eigenvalue weighted by molar-refractivity contribution is -0.138. The minimum Gasteiger partial charge on any atom is -0.481 e. The molecule has 3 nitrogen and oxygen atoms in total. The number of aliphatic carboxylic acids is 1. The van der Waals surface area contributed by atoms with E-state index in [0.29, 0.717) is 18.0 Å². The molecular formula is C16H31NO2. The van der Waals surface area contributed by atoms with Crippen LogP contribution in [0.25, 0.3) is 0 Å². The van der Waals surface area contributed by atoms with Crippen LogP contribution in [0.15, 0.2) is 0 Å². The first-order chi connectivity index (χ1) is 8.51. The van der Waals surface area contributed by atoms with Crippen LogP contribution in [-0.2, 0) is 4.79 Å². The Morgan fingerprint density at radius 2 is 1.89 bits per heavy atom. The van der Waals surface area contributed by atoms with Crippen LogP contribution < -0.4 is 0 Å². The van der Waals surface area contributed by atoms with Crippen molar-refractivity contribution in [1.29, 1.82) is 0 Å². The molecule has 2 unspecified atom stereocenters. The molecular weight excluding hydrogens is 238 g/mol. The van der Waals surface area contributed by atoms with Gasteiger partial charge in [0.25, 0.3) is 0 Å². The van der Waals surface area contributed by atoms with Crippen LogP contribution in [0.4, 0.5) is 0 Å². The molecule has 1 fully saturated rings. The maximum atomic E-state index is 10.9. The van der Waals surface area contributed by atoms with Crippen LogP contribution >= 0.6 is 0 Å². The highest BCUT2D eigenvalue weighted by molar-refractivity contribution is 5.66. The van der Waals surface area contributed by atoms with E-state index in [0.717, 1.165) is 5.92 Å². The van der Waals surface area contributed by atoms with Gasteiger partial charge < -0.3 is 5.11 Å². The summed E-state index contributed by atoms with van der Waals surface area (Å²) in [7, 11) is 0. The summed E-state index contributed by atoms with van der Waals surface area (Å²) >= 11 is 0. The van der Waals surface area contributed by atoms with Gasteiger partial charge in [0.15, 0.2) is 0 Å². The highest BCUT2D eigenvalue weighted by Gasteiger charge is 2.38. The Morgan fingerprint density at radius 3 is 2.32 bits per heavy atom. The number of hydrogen-bond acceptors (Lipinski definition) is 2. The minimum absolute atomic E-state index is 0.0350. The van der Waals surface area contributed by atoms with Gasteiger partial charge in [-0.25, -0.2) is 0 Å². The number of nitrogens with zero attached hydrogens (tertiary/aromatic N) is 1. The summed E-state index contributed by atoms with van der Waals surface area (Å²) in [6.45, 7) is 14.3. The lowest BCUT2D eigenvalue weighted by Crippen LogP contribution is -2.52. The topological polar surface area (TPSA) is 40.5 Å². The maximum absolute atomic E-state index is 10.9. The molecule has 112 valence electrons. The second kappa shape index (κ2) is 5.82. The maximum Gasteiger partial charge on any atom is 0.304 e. The second-order valence-corrected chi connectivity index (χ2v) is 8.08. The average Bonchev–Trinajstić information content (AvgIpc) is 2.11. The standard InChI is InChI=1S/C16H31NO2/c1-12-9-13(11-16(5,6)10-12)17(15(2,3)4)8-7-14(18)19/h12-13H,7-11H2,1-6H3,(H,18,19). The molecule has 0 saturated heterocycles. The quantitative estimate of drug-likeness (QED) is 0.844. The number of rotatable bonds is 4. The van der Waals surface area contributed by atoms with Gasteiger partial charge in [-0.15, -0.1) is 0 Å². The smallest absolute Gasteiger partial charge is 0.304 e. The van der Waals surface area contributed by atoms with Crippen molar-refractivity contribution in [1.82, 2.24) is 4.90 Å². The monoisotopic (exact) mass is 269 g/mol. The molecule has 3 heteroatoms. The van der Waals surface area contributed by atoms with Gasteiger partial charge in [0, 0.05) is 18.1 Å².